The Balaban J connectivity index is 2.10. The van der Waals surface area contributed by atoms with Crippen LogP contribution in [-0.4, -0.2) is 58.8 Å². The third-order valence-electron chi connectivity index (χ3n) is 3.08. The Hall–Kier alpha value is -0.690. The van der Waals surface area contributed by atoms with Crippen LogP contribution in [0, 0.1) is 5.41 Å². The van der Waals surface area contributed by atoms with Crippen molar-refractivity contribution in [3.63, 3.8) is 0 Å². The van der Waals surface area contributed by atoms with Crippen molar-refractivity contribution in [3.05, 3.63) is 0 Å². The summed E-state index contributed by atoms with van der Waals surface area (Å²) in [6, 6.07) is -0.298. The molecule has 2 atom stereocenters. The zero-order valence-corrected chi connectivity index (χ0v) is 11.1. The summed E-state index contributed by atoms with van der Waals surface area (Å²) in [5.41, 5.74) is 5.10. The Morgan fingerprint density at radius 1 is 1.39 bits per heavy atom. The molecule has 1 heterocycles. The van der Waals surface area contributed by atoms with Gasteiger partial charge >= 0.3 is 5.97 Å². The summed E-state index contributed by atoms with van der Waals surface area (Å²) in [5, 5.41) is 0. The first-order valence-electron chi connectivity index (χ1n) is 6.18. The maximum atomic E-state index is 11.9. The van der Waals surface area contributed by atoms with Gasteiger partial charge in [-0.3, -0.25) is 4.79 Å². The van der Waals surface area contributed by atoms with E-state index >= 15 is 0 Å². The number of ether oxygens (including phenoxy) is 4. The Bertz CT molecular complexity index is 261. The molecule has 1 aliphatic heterocycles. The van der Waals surface area contributed by atoms with E-state index in [0.717, 1.165) is 6.42 Å². The number of rotatable bonds is 8. The van der Waals surface area contributed by atoms with E-state index in [1.807, 2.05) is 0 Å². The van der Waals surface area contributed by atoms with E-state index in [1.54, 1.807) is 14.0 Å². The molecule has 0 radical (unpaired) electrons. The summed E-state index contributed by atoms with van der Waals surface area (Å²) in [4.78, 5) is 11.9. The maximum Gasteiger partial charge on any atom is 0.315 e. The number of carbonyl (C=O) groups is 1. The third kappa shape index (κ3) is 4.20. The summed E-state index contributed by atoms with van der Waals surface area (Å²) < 4.78 is 20.5. The first kappa shape index (κ1) is 15.4. The molecule has 0 bridgehead atoms. The lowest BCUT2D eigenvalue weighted by molar-refractivity contribution is -0.157. The van der Waals surface area contributed by atoms with Crippen LogP contribution in [0.3, 0.4) is 0 Å². The van der Waals surface area contributed by atoms with Gasteiger partial charge in [-0.05, 0) is 13.3 Å². The van der Waals surface area contributed by atoms with E-state index in [0.29, 0.717) is 33.0 Å². The first-order valence-corrected chi connectivity index (χ1v) is 6.18. The van der Waals surface area contributed by atoms with Crippen molar-refractivity contribution in [2.45, 2.75) is 19.4 Å². The smallest absolute Gasteiger partial charge is 0.315 e. The number of carbonyl (C=O) groups excluding carboxylic acids is 1. The summed E-state index contributed by atoms with van der Waals surface area (Å²) in [6.07, 6.45) is 0.834. The molecule has 6 nitrogen and oxygen atoms in total. The van der Waals surface area contributed by atoms with Crippen molar-refractivity contribution in [3.8, 4) is 0 Å². The highest BCUT2D eigenvalue weighted by atomic mass is 16.6. The van der Waals surface area contributed by atoms with Gasteiger partial charge in [0, 0.05) is 26.4 Å². The second-order valence-electron chi connectivity index (χ2n) is 4.63. The van der Waals surface area contributed by atoms with E-state index in [9.17, 15) is 4.79 Å². The van der Waals surface area contributed by atoms with Gasteiger partial charge in [-0.15, -0.1) is 0 Å². The molecule has 1 saturated heterocycles. The molecule has 1 fully saturated rings. The van der Waals surface area contributed by atoms with Crippen LogP contribution in [0.5, 0.6) is 0 Å². The van der Waals surface area contributed by atoms with Gasteiger partial charge in [-0.1, -0.05) is 0 Å². The lowest BCUT2D eigenvalue weighted by Gasteiger charge is -2.24. The lowest BCUT2D eigenvalue weighted by atomic mass is 9.86. The minimum Gasteiger partial charge on any atom is -0.463 e. The van der Waals surface area contributed by atoms with Crippen LogP contribution in [0.25, 0.3) is 0 Å². The number of nitrogens with two attached hydrogens (primary N) is 1. The average Bonchev–Trinajstić information content (AvgIpc) is 2.69. The SMILES string of the molecule is COCCCOCCOC(=O)C1(C)COCC1N. The zero-order valence-electron chi connectivity index (χ0n) is 11.1. The molecule has 106 valence electrons. The highest BCUT2D eigenvalue weighted by Gasteiger charge is 2.45. The van der Waals surface area contributed by atoms with Crippen molar-refractivity contribution in [2.75, 3.05) is 46.8 Å². The predicted octanol–water partition coefficient (Wildman–Crippen LogP) is -0.0535. The third-order valence-corrected chi connectivity index (χ3v) is 3.08. The van der Waals surface area contributed by atoms with Crippen molar-refractivity contribution in [1.29, 1.82) is 0 Å². The quantitative estimate of drug-likeness (QED) is 0.487. The molecule has 0 aromatic heterocycles. The first-order chi connectivity index (χ1) is 8.61. The maximum absolute atomic E-state index is 11.9. The minimum atomic E-state index is -0.726. The zero-order chi connectivity index (χ0) is 13.4. The molecule has 6 heteroatoms. The van der Waals surface area contributed by atoms with Gasteiger partial charge in [-0.2, -0.15) is 0 Å². The van der Waals surface area contributed by atoms with Crippen molar-refractivity contribution in [2.24, 2.45) is 11.1 Å². The largest absolute Gasteiger partial charge is 0.463 e. The van der Waals surface area contributed by atoms with Crippen LogP contribution in [0.15, 0.2) is 0 Å². The topological polar surface area (TPSA) is 80.0 Å². The predicted molar refractivity (Wildman–Crippen MR) is 65.2 cm³/mol. The van der Waals surface area contributed by atoms with E-state index < -0.39 is 5.41 Å². The van der Waals surface area contributed by atoms with Crippen LogP contribution in [0.1, 0.15) is 13.3 Å². The van der Waals surface area contributed by atoms with Gasteiger partial charge < -0.3 is 24.7 Å². The van der Waals surface area contributed by atoms with E-state index in [1.165, 1.54) is 0 Å². The molecule has 1 rings (SSSR count). The van der Waals surface area contributed by atoms with Crippen molar-refractivity contribution in [1.82, 2.24) is 0 Å². The summed E-state index contributed by atoms with van der Waals surface area (Å²) >= 11 is 0. The fourth-order valence-corrected chi connectivity index (χ4v) is 1.66. The summed E-state index contributed by atoms with van der Waals surface area (Å²) in [7, 11) is 1.65. The van der Waals surface area contributed by atoms with Crippen LogP contribution in [-0.2, 0) is 23.7 Å². The Labute approximate surface area is 108 Å². The van der Waals surface area contributed by atoms with Gasteiger partial charge in [0.1, 0.15) is 12.0 Å². The Morgan fingerprint density at radius 3 is 2.78 bits per heavy atom. The summed E-state index contributed by atoms with van der Waals surface area (Å²) in [6.45, 7) is 4.40. The highest BCUT2D eigenvalue weighted by molar-refractivity contribution is 5.78. The molecule has 0 aromatic carbocycles. The van der Waals surface area contributed by atoms with Crippen LogP contribution < -0.4 is 5.73 Å². The van der Waals surface area contributed by atoms with Gasteiger partial charge in [0.2, 0.25) is 0 Å². The van der Waals surface area contributed by atoms with Gasteiger partial charge in [0.05, 0.1) is 19.8 Å². The molecule has 1 aliphatic rings. The molecule has 0 saturated carbocycles. The average molecular weight is 261 g/mol. The van der Waals surface area contributed by atoms with Crippen LogP contribution in [0.2, 0.25) is 0 Å². The van der Waals surface area contributed by atoms with Gasteiger partial charge in [0.25, 0.3) is 0 Å². The minimum absolute atomic E-state index is 0.244. The van der Waals surface area contributed by atoms with Gasteiger partial charge in [-0.25, -0.2) is 0 Å². The van der Waals surface area contributed by atoms with E-state index in [-0.39, 0.29) is 18.6 Å². The number of hydrogen-bond acceptors (Lipinski definition) is 6. The molecule has 2 N–H and O–H groups in total. The second kappa shape index (κ2) is 7.68. The summed E-state index contributed by atoms with van der Waals surface area (Å²) in [5.74, 6) is -0.312. The molecule has 0 spiro atoms. The van der Waals surface area contributed by atoms with E-state index in [4.69, 9.17) is 24.7 Å². The number of hydrogen-bond donors (Lipinski definition) is 1. The highest BCUT2D eigenvalue weighted by Crippen LogP contribution is 2.28. The molecule has 18 heavy (non-hydrogen) atoms. The van der Waals surface area contributed by atoms with Crippen LogP contribution >= 0.6 is 0 Å². The fraction of sp³-hybridized carbons (Fsp3) is 0.917. The van der Waals surface area contributed by atoms with E-state index in [2.05, 4.69) is 0 Å². The molecular weight excluding hydrogens is 238 g/mol. The molecule has 0 amide bonds. The van der Waals surface area contributed by atoms with Crippen molar-refractivity contribution >= 4 is 5.97 Å². The molecule has 0 aromatic rings. The standard InChI is InChI=1S/C12H23NO5/c1-12(9-17-8-10(12)13)11(14)18-7-6-16-5-3-4-15-2/h10H,3-9,13H2,1-2H3. The normalized spacial score (nSPS) is 27.4. The number of esters is 1. The Morgan fingerprint density at radius 2 is 2.17 bits per heavy atom. The fourth-order valence-electron chi connectivity index (χ4n) is 1.66. The number of methoxy groups -OCH3 is 1. The van der Waals surface area contributed by atoms with Crippen LogP contribution in [0.4, 0.5) is 0 Å². The molecule has 2 unspecified atom stereocenters. The van der Waals surface area contributed by atoms with Crippen molar-refractivity contribution < 1.29 is 23.7 Å². The monoisotopic (exact) mass is 261 g/mol. The molecular formula is C12H23NO5. The Kier molecular flexibility index (Phi) is 6.56. The van der Waals surface area contributed by atoms with Gasteiger partial charge in [0.15, 0.2) is 0 Å². The lowest BCUT2D eigenvalue weighted by Crippen LogP contribution is -2.45. The molecule has 0 aliphatic carbocycles. The second-order valence-corrected chi connectivity index (χ2v) is 4.63.